The van der Waals surface area contributed by atoms with E-state index in [0.717, 1.165) is 23.9 Å². The molecule has 0 saturated carbocycles. The molecule has 2 heterocycles. The summed E-state index contributed by atoms with van der Waals surface area (Å²) in [6.07, 6.45) is 1.70. The Kier molecular flexibility index (Phi) is 5.65. The van der Waals surface area contributed by atoms with Gasteiger partial charge in [-0.05, 0) is 36.5 Å². The zero-order valence-corrected chi connectivity index (χ0v) is 17.4. The summed E-state index contributed by atoms with van der Waals surface area (Å²) in [5.41, 5.74) is 10.9. The number of aromatic nitrogens is 3. The lowest BCUT2D eigenvalue weighted by Crippen LogP contribution is -2.26. The highest BCUT2D eigenvalue weighted by Gasteiger charge is 2.23. The Labute approximate surface area is 176 Å². The standard InChI is InChI=1S/C24H27N5O/c1-16(2)12-14-26-24(30)20-21-23(28-19-11-7-6-10-18(19)27-21)29(22(20)25)15-13-17-8-4-3-5-9-17/h3-11,16H,12-15,25H2,1-2H3,(H,26,30). The molecule has 0 spiro atoms. The predicted octanol–water partition coefficient (Wildman–Crippen LogP) is 4.19. The first-order valence-electron chi connectivity index (χ1n) is 10.4. The van der Waals surface area contributed by atoms with E-state index in [1.54, 1.807) is 0 Å². The van der Waals surface area contributed by atoms with Gasteiger partial charge in [-0.3, -0.25) is 4.79 Å². The van der Waals surface area contributed by atoms with Crippen LogP contribution in [0.4, 0.5) is 5.82 Å². The van der Waals surface area contributed by atoms with Gasteiger partial charge in [0.15, 0.2) is 5.65 Å². The van der Waals surface area contributed by atoms with E-state index in [9.17, 15) is 4.79 Å². The van der Waals surface area contributed by atoms with E-state index in [1.165, 1.54) is 5.56 Å². The lowest BCUT2D eigenvalue weighted by atomic mass is 10.1. The van der Waals surface area contributed by atoms with Gasteiger partial charge >= 0.3 is 0 Å². The van der Waals surface area contributed by atoms with Crippen molar-refractivity contribution >= 4 is 33.9 Å². The molecule has 0 fully saturated rings. The SMILES string of the molecule is CC(C)CCNC(=O)c1c(N)n(CCc2ccccc2)c2nc3ccccc3nc12. The number of fused-ring (bicyclic) bond motifs is 2. The Morgan fingerprint density at radius 2 is 1.70 bits per heavy atom. The number of nitrogens with zero attached hydrogens (tertiary/aromatic N) is 3. The van der Waals surface area contributed by atoms with Crippen LogP contribution in [-0.2, 0) is 13.0 Å². The average molecular weight is 402 g/mol. The molecular weight excluding hydrogens is 374 g/mol. The lowest BCUT2D eigenvalue weighted by Gasteiger charge is -2.09. The van der Waals surface area contributed by atoms with Crippen LogP contribution in [0.5, 0.6) is 0 Å². The van der Waals surface area contributed by atoms with Crippen molar-refractivity contribution in [2.24, 2.45) is 5.92 Å². The minimum atomic E-state index is -0.193. The molecule has 2 aromatic heterocycles. The summed E-state index contributed by atoms with van der Waals surface area (Å²) in [6.45, 7) is 5.49. The second kappa shape index (κ2) is 8.53. The highest BCUT2D eigenvalue weighted by Crippen LogP contribution is 2.28. The number of hydrogen-bond acceptors (Lipinski definition) is 4. The number of para-hydroxylation sites is 2. The molecule has 6 heteroatoms. The molecule has 0 saturated heterocycles. The van der Waals surface area contributed by atoms with Gasteiger partial charge in [0.1, 0.15) is 16.9 Å². The molecule has 3 N–H and O–H groups in total. The zero-order chi connectivity index (χ0) is 21.1. The summed E-state index contributed by atoms with van der Waals surface area (Å²) in [4.78, 5) is 22.6. The fourth-order valence-corrected chi connectivity index (χ4v) is 3.62. The zero-order valence-electron chi connectivity index (χ0n) is 17.4. The lowest BCUT2D eigenvalue weighted by molar-refractivity contribution is 0.0954. The fourth-order valence-electron chi connectivity index (χ4n) is 3.62. The highest BCUT2D eigenvalue weighted by molar-refractivity contribution is 6.10. The van der Waals surface area contributed by atoms with E-state index in [4.69, 9.17) is 15.7 Å². The predicted molar refractivity (Wildman–Crippen MR) is 121 cm³/mol. The van der Waals surface area contributed by atoms with Crippen LogP contribution in [0.2, 0.25) is 0 Å². The van der Waals surface area contributed by atoms with Crippen molar-refractivity contribution in [3.63, 3.8) is 0 Å². The topological polar surface area (TPSA) is 85.8 Å². The van der Waals surface area contributed by atoms with Crippen LogP contribution >= 0.6 is 0 Å². The summed E-state index contributed by atoms with van der Waals surface area (Å²) in [7, 11) is 0. The molecule has 6 nitrogen and oxygen atoms in total. The summed E-state index contributed by atoms with van der Waals surface area (Å²) < 4.78 is 1.92. The van der Waals surface area contributed by atoms with Gasteiger partial charge in [0.25, 0.3) is 5.91 Å². The first-order chi connectivity index (χ1) is 14.5. The van der Waals surface area contributed by atoms with Crippen LogP contribution in [0.15, 0.2) is 54.6 Å². The Hall–Kier alpha value is -3.41. The fraction of sp³-hybridized carbons (Fsp3) is 0.292. The Balaban J connectivity index is 1.76. The normalized spacial score (nSPS) is 11.4. The van der Waals surface area contributed by atoms with Crippen LogP contribution < -0.4 is 11.1 Å². The third-order valence-corrected chi connectivity index (χ3v) is 5.29. The molecule has 0 aliphatic heterocycles. The Morgan fingerprint density at radius 3 is 2.40 bits per heavy atom. The van der Waals surface area contributed by atoms with Crippen molar-refractivity contribution < 1.29 is 4.79 Å². The second-order valence-electron chi connectivity index (χ2n) is 7.97. The van der Waals surface area contributed by atoms with Gasteiger partial charge in [0.2, 0.25) is 0 Å². The van der Waals surface area contributed by atoms with E-state index < -0.39 is 0 Å². The van der Waals surface area contributed by atoms with Crippen molar-refractivity contribution in [3.8, 4) is 0 Å². The van der Waals surface area contributed by atoms with Gasteiger partial charge in [0, 0.05) is 13.1 Å². The van der Waals surface area contributed by atoms with Crippen molar-refractivity contribution in [1.82, 2.24) is 19.9 Å². The van der Waals surface area contributed by atoms with Crippen LogP contribution in [0.3, 0.4) is 0 Å². The molecule has 30 heavy (non-hydrogen) atoms. The minimum absolute atomic E-state index is 0.193. The van der Waals surface area contributed by atoms with Crippen molar-refractivity contribution in [2.45, 2.75) is 33.2 Å². The molecule has 0 bridgehead atoms. The molecule has 1 amide bonds. The van der Waals surface area contributed by atoms with Gasteiger partial charge in [-0.15, -0.1) is 0 Å². The van der Waals surface area contributed by atoms with Crippen molar-refractivity contribution in [3.05, 3.63) is 65.7 Å². The summed E-state index contributed by atoms with van der Waals surface area (Å²) in [5, 5.41) is 3.00. The van der Waals surface area contributed by atoms with Gasteiger partial charge in [0.05, 0.1) is 11.0 Å². The molecule has 0 atom stereocenters. The number of nitrogens with one attached hydrogen (secondary N) is 1. The first-order valence-corrected chi connectivity index (χ1v) is 10.4. The first kappa shape index (κ1) is 19.9. The quantitative estimate of drug-likeness (QED) is 0.486. The van der Waals surface area contributed by atoms with E-state index in [2.05, 4.69) is 31.3 Å². The molecule has 4 aromatic rings. The van der Waals surface area contributed by atoms with Gasteiger partial charge in [-0.1, -0.05) is 56.3 Å². The number of amides is 1. The monoisotopic (exact) mass is 401 g/mol. The van der Waals surface area contributed by atoms with Gasteiger partial charge in [-0.25, -0.2) is 9.97 Å². The number of carbonyl (C=O) groups excluding carboxylic acids is 1. The summed E-state index contributed by atoms with van der Waals surface area (Å²) >= 11 is 0. The molecule has 0 radical (unpaired) electrons. The third kappa shape index (κ3) is 3.99. The average Bonchev–Trinajstić information content (AvgIpc) is 3.01. The van der Waals surface area contributed by atoms with E-state index in [1.807, 2.05) is 47.0 Å². The molecule has 2 aromatic carbocycles. The van der Waals surface area contributed by atoms with Crippen LogP contribution in [0.1, 0.15) is 36.2 Å². The molecule has 0 aliphatic rings. The van der Waals surface area contributed by atoms with Gasteiger partial charge in [-0.2, -0.15) is 0 Å². The number of aryl methyl sites for hydroxylation is 2. The number of nitrogen functional groups attached to an aromatic ring is 1. The summed E-state index contributed by atoms with van der Waals surface area (Å²) in [5.74, 6) is 0.734. The molecule has 0 unspecified atom stereocenters. The number of rotatable bonds is 7. The number of hydrogen-bond donors (Lipinski definition) is 2. The van der Waals surface area contributed by atoms with E-state index in [0.29, 0.717) is 41.6 Å². The number of nitrogens with two attached hydrogens (primary N) is 1. The number of benzene rings is 2. The number of anilines is 1. The van der Waals surface area contributed by atoms with Crippen LogP contribution in [0, 0.1) is 5.92 Å². The smallest absolute Gasteiger partial charge is 0.257 e. The van der Waals surface area contributed by atoms with Gasteiger partial charge < -0.3 is 15.6 Å². The van der Waals surface area contributed by atoms with E-state index >= 15 is 0 Å². The maximum Gasteiger partial charge on any atom is 0.257 e. The van der Waals surface area contributed by atoms with Crippen molar-refractivity contribution in [1.29, 1.82) is 0 Å². The van der Waals surface area contributed by atoms with Crippen LogP contribution in [0.25, 0.3) is 22.2 Å². The molecule has 0 aliphatic carbocycles. The van der Waals surface area contributed by atoms with Crippen molar-refractivity contribution in [2.75, 3.05) is 12.3 Å². The Bertz CT molecular complexity index is 1180. The molecular formula is C24H27N5O. The second-order valence-corrected chi connectivity index (χ2v) is 7.97. The maximum absolute atomic E-state index is 13.0. The Morgan fingerprint density at radius 1 is 1.03 bits per heavy atom. The molecule has 4 rings (SSSR count). The largest absolute Gasteiger partial charge is 0.384 e. The van der Waals surface area contributed by atoms with Crippen LogP contribution in [-0.4, -0.2) is 27.0 Å². The number of carbonyl (C=O) groups is 1. The summed E-state index contributed by atoms with van der Waals surface area (Å²) in [6, 6.07) is 17.9. The maximum atomic E-state index is 13.0. The molecule has 154 valence electrons. The third-order valence-electron chi connectivity index (χ3n) is 5.29. The minimum Gasteiger partial charge on any atom is -0.384 e. The van der Waals surface area contributed by atoms with E-state index in [-0.39, 0.29) is 5.91 Å². The highest BCUT2D eigenvalue weighted by atomic mass is 16.1.